The molecule has 0 atom stereocenters. The highest BCUT2D eigenvalue weighted by atomic mass is 35.5. The van der Waals surface area contributed by atoms with Gasteiger partial charge in [-0.1, -0.05) is 29.0 Å². The molecule has 0 aliphatic rings. The summed E-state index contributed by atoms with van der Waals surface area (Å²) in [6.45, 7) is 3.70. The highest BCUT2D eigenvalue weighted by Crippen LogP contribution is 2.24. The molecule has 1 N–H and O–H groups in total. The lowest BCUT2D eigenvalue weighted by molar-refractivity contribution is -0.380. The highest BCUT2D eigenvalue weighted by Gasteiger charge is 2.21. The minimum atomic E-state index is -0.549. The average Bonchev–Trinajstić information content (AvgIpc) is 3.05. The van der Waals surface area contributed by atoms with Gasteiger partial charge in [-0.2, -0.15) is 0 Å². The number of halogens is 1. The van der Waals surface area contributed by atoms with Gasteiger partial charge in [0.2, 0.25) is 5.91 Å². The van der Waals surface area contributed by atoms with Gasteiger partial charge in [0.25, 0.3) is 5.91 Å². The summed E-state index contributed by atoms with van der Waals surface area (Å²) in [7, 11) is 0. The topological polar surface area (TPSA) is 92.6 Å². The van der Waals surface area contributed by atoms with Crippen LogP contribution in [-0.2, 0) is 4.79 Å². The molecule has 0 fully saturated rings. The van der Waals surface area contributed by atoms with E-state index < -0.39 is 10.8 Å². The Kier molecular flexibility index (Phi) is 6.11. The number of likely N-dealkylation sites (N-methyl/N-ethyl adjacent to an activating group) is 1. The number of nitrogens with zero attached hydrogens (tertiary/aromatic N) is 2. The van der Waals surface area contributed by atoms with E-state index in [-0.39, 0.29) is 23.0 Å². The minimum absolute atomic E-state index is 0.113. The number of amides is 2. The molecule has 1 aromatic carbocycles. The van der Waals surface area contributed by atoms with Crippen LogP contribution in [0.5, 0.6) is 0 Å². The lowest BCUT2D eigenvalue weighted by Crippen LogP contribution is -2.37. The Hall–Kier alpha value is -2.45. The molecule has 0 radical (unpaired) electrons. The van der Waals surface area contributed by atoms with Gasteiger partial charge in [-0.25, -0.2) is 0 Å². The van der Waals surface area contributed by atoms with Gasteiger partial charge in [-0.3, -0.25) is 19.7 Å². The van der Waals surface area contributed by atoms with Crippen LogP contribution in [0.25, 0.3) is 0 Å². The molecule has 0 saturated carbocycles. The number of nitro groups is 1. The average molecular weight is 382 g/mol. The van der Waals surface area contributed by atoms with Crippen molar-refractivity contribution in [2.75, 3.05) is 18.4 Å². The van der Waals surface area contributed by atoms with Crippen LogP contribution in [0.2, 0.25) is 5.02 Å². The van der Waals surface area contributed by atoms with Gasteiger partial charge < -0.3 is 10.2 Å². The first-order valence-corrected chi connectivity index (χ1v) is 8.65. The van der Waals surface area contributed by atoms with Crippen molar-refractivity contribution >= 4 is 45.4 Å². The molecule has 2 aromatic rings. The van der Waals surface area contributed by atoms with E-state index in [1.807, 2.05) is 6.92 Å². The number of benzene rings is 1. The number of rotatable bonds is 6. The van der Waals surface area contributed by atoms with E-state index in [9.17, 15) is 19.7 Å². The maximum atomic E-state index is 12.4. The molecule has 2 rings (SSSR count). The summed E-state index contributed by atoms with van der Waals surface area (Å²) in [5.41, 5.74) is 1.62. The van der Waals surface area contributed by atoms with Gasteiger partial charge in [0.1, 0.15) is 6.54 Å². The Bertz CT molecular complexity index is 821. The zero-order valence-electron chi connectivity index (χ0n) is 13.6. The van der Waals surface area contributed by atoms with E-state index >= 15 is 0 Å². The third-order valence-electron chi connectivity index (χ3n) is 3.49. The number of anilines is 1. The third-order valence-corrected chi connectivity index (χ3v) is 4.60. The fourth-order valence-corrected chi connectivity index (χ4v) is 3.00. The summed E-state index contributed by atoms with van der Waals surface area (Å²) in [5, 5.41) is 15.3. The fraction of sp³-hybridized carbons (Fsp3) is 0.250. The van der Waals surface area contributed by atoms with Crippen LogP contribution < -0.4 is 5.32 Å². The predicted octanol–water partition coefficient (Wildman–Crippen LogP) is 3.72. The van der Waals surface area contributed by atoms with Crippen molar-refractivity contribution in [3.8, 4) is 0 Å². The van der Waals surface area contributed by atoms with E-state index in [4.69, 9.17) is 11.6 Å². The first kappa shape index (κ1) is 18.9. The van der Waals surface area contributed by atoms with E-state index in [1.165, 1.54) is 16.3 Å². The molecular formula is C16H16ClN3O4S. The number of thiophene rings is 1. The van der Waals surface area contributed by atoms with Crippen molar-refractivity contribution in [2.24, 2.45) is 0 Å². The number of nitrogens with one attached hydrogen (secondary N) is 1. The quantitative estimate of drug-likeness (QED) is 0.609. The van der Waals surface area contributed by atoms with Crippen molar-refractivity contribution < 1.29 is 14.5 Å². The number of hydrogen-bond donors (Lipinski definition) is 1. The molecule has 25 heavy (non-hydrogen) atoms. The van der Waals surface area contributed by atoms with Crippen LogP contribution in [0.3, 0.4) is 0 Å². The van der Waals surface area contributed by atoms with Crippen LogP contribution >= 0.6 is 22.9 Å². The standard InChI is InChI=1S/C16H16ClN3O4S/c1-3-19(16(22)11-6-15(20(23)24)25-9-11)8-14(21)18-13-7-12(17)5-4-10(13)2/h4-7,9H,3,8H2,1-2H3,(H,18,21). The van der Waals surface area contributed by atoms with E-state index in [0.717, 1.165) is 16.9 Å². The Balaban J connectivity index is 2.07. The summed E-state index contributed by atoms with van der Waals surface area (Å²) in [5.74, 6) is -0.796. The van der Waals surface area contributed by atoms with Gasteiger partial charge >= 0.3 is 5.00 Å². The van der Waals surface area contributed by atoms with Crippen LogP contribution in [0, 0.1) is 17.0 Å². The highest BCUT2D eigenvalue weighted by molar-refractivity contribution is 7.13. The van der Waals surface area contributed by atoms with E-state index in [1.54, 1.807) is 25.1 Å². The second-order valence-electron chi connectivity index (χ2n) is 5.26. The zero-order chi connectivity index (χ0) is 18.6. The third kappa shape index (κ3) is 4.77. The van der Waals surface area contributed by atoms with Crippen LogP contribution in [-0.4, -0.2) is 34.7 Å². The van der Waals surface area contributed by atoms with Crippen molar-refractivity contribution in [3.05, 3.63) is 55.9 Å². The van der Waals surface area contributed by atoms with Crippen molar-refractivity contribution in [1.29, 1.82) is 0 Å². The van der Waals surface area contributed by atoms with Crippen LogP contribution in [0.1, 0.15) is 22.8 Å². The SMILES string of the molecule is CCN(CC(=O)Nc1cc(Cl)ccc1C)C(=O)c1csc([N+](=O)[O-])c1. The predicted molar refractivity (Wildman–Crippen MR) is 97.4 cm³/mol. The van der Waals surface area contributed by atoms with Gasteiger partial charge in [0.15, 0.2) is 0 Å². The molecular weight excluding hydrogens is 366 g/mol. The van der Waals surface area contributed by atoms with E-state index in [0.29, 0.717) is 17.3 Å². The van der Waals surface area contributed by atoms with Crippen LogP contribution in [0.4, 0.5) is 10.7 Å². The number of carbonyl (C=O) groups excluding carboxylic acids is 2. The second kappa shape index (κ2) is 8.09. The summed E-state index contributed by atoms with van der Waals surface area (Å²) in [6, 6.07) is 6.35. The Morgan fingerprint density at radius 2 is 2.08 bits per heavy atom. The molecule has 0 bridgehead atoms. The molecule has 0 spiro atoms. The molecule has 0 aliphatic carbocycles. The van der Waals surface area contributed by atoms with Gasteiger partial charge in [0, 0.05) is 28.7 Å². The first-order valence-electron chi connectivity index (χ1n) is 7.40. The van der Waals surface area contributed by atoms with Crippen molar-refractivity contribution in [3.63, 3.8) is 0 Å². The molecule has 2 amide bonds. The maximum Gasteiger partial charge on any atom is 0.324 e. The summed E-state index contributed by atoms with van der Waals surface area (Å²) >= 11 is 6.80. The fourth-order valence-electron chi connectivity index (χ4n) is 2.13. The molecule has 1 heterocycles. The summed E-state index contributed by atoms with van der Waals surface area (Å²) in [4.78, 5) is 36.2. The zero-order valence-corrected chi connectivity index (χ0v) is 15.2. The van der Waals surface area contributed by atoms with Crippen molar-refractivity contribution in [1.82, 2.24) is 4.90 Å². The van der Waals surface area contributed by atoms with Crippen molar-refractivity contribution in [2.45, 2.75) is 13.8 Å². The molecule has 7 nitrogen and oxygen atoms in total. The first-order chi connectivity index (χ1) is 11.8. The molecule has 9 heteroatoms. The Labute approximate surface area is 153 Å². The second-order valence-corrected chi connectivity index (χ2v) is 6.58. The van der Waals surface area contributed by atoms with E-state index in [2.05, 4.69) is 5.32 Å². The maximum absolute atomic E-state index is 12.4. The lowest BCUT2D eigenvalue weighted by atomic mass is 10.2. The van der Waals surface area contributed by atoms with Crippen LogP contribution in [0.15, 0.2) is 29.6 Å². The molecule has 0 aliphatic heterocycles. The minimum Gasteiger partial charge on any atom is -0.330 e. The largest absolute Gasteiger partial charge is 0.330 e. The smallest absolute Gasteiger partial charge is 0.324 e. The molecule has 0 saturated heterocycles. The normalized spacial score (nSPS) is 10.4. The number of aryl methyl sites for hydroxylation is 1. The monoisotopic (exact) mass is 381 g/mol. The summed E-state index contributed by atoms with van der Waals surface area (Å²) in [6.07, 6.45) is 0. The molecule has 132 valence electrons. The van der Waals surface area contributed by atoms with Gasteiger partial charge in [-0.05, 0) is 31.5 Å². The molecule has 1 aromatic heterocycles. The number of carbonyl (C=O) groups is 2. The lowest BCUT2D eigenvalue weighted by Gasteiger charge is -2.20. The number of hydrogen-bond acceptors (Lipinski definition) is 5. The summed E-state index contributed by atoms with van der Waals surface area (Å²) < 4.78 is 0. The van der Waals surface area contributed by atoms with Gasteiger partial charge in [-0.15, -0.1) is 0 Å². The Morgan fingerprint density at radius 3 is 2.68 bits per heavy atom. The Morgan fingerprint density at radius 1 is 1.36 bits per heavy atom. The molecule has 0 unspecified atom stereocenters. The van der Waals surface area contributed by atoms with Gasteiger partial charge in [0.05, 0.1) is 10.5 Å².